The molecule has 0 aromatic heterocycles. The first kappa shape index (κ1) is 46.8. The van der Waals surface area contributed by atoms with Crippen molar-refractivity contribution < 1.29 is 0 Å². The number of nitrogens with zero attached hydrogens (tertiary/aromatic N) is 2. The van der Waals surface area contributed by atoms with Crippen molar-refractivity contribution in [1.82, 2.24) is 0 Å². The van der Waals surface area contributed by atoms with Gasteiger partial charge in [-0.3, -0.25) is 4.99 Å². The second kappa shape index (κ2) is 26.6. The van der Waals surface area contributed by atoms with Gasteiger partial charge in [0.05, 0.1) is 0 Å². The quantitative estimate of drug-likeness (QED) is 0.136. The summed E-state index contributed by atoms with van der Waals surface area (Å²) in [6.07, 6.45) is 16.6. The molecule has 0 radical (unpaired) electrons. The maximum Gasteiger partial charge on any atom is 0.0447 e. The maximum absolute atomic E-state index is 4.33. The number of anilines is 1. The van der Waals surface area contributed by atoms with Gasteiger partial charge in [0, 0.05) is 28.8 Å². The molecule has 1 atom stereocenters. The highest BCUT2D eigenvalue weighted by Gasteiger charge is 2.17. The molecule has 3 aromatic rings. The minimum absolute atomic E-state index is 0.399. The van der Waals surface area contributed by atoms with Crippen molar-refractivity contribution in [2.24, 2.45) is 4.99 Å². The maximum atomic E-state index is 4.33. The Balaban J connectivity index is 0.000000797. The molecular weight excluding hydrogens is 629 g/mol. The minimum Gasteiger partial charge on any atom is -0.339 e. The van der Waals surface area contributed by atoms with Crippen LogP contribution in [0.5, 0.6) is 0 Å². The van der Waals surface area contributed by atoms with E-state index >= 15 is 0 Å². The SMILES string of the molecule is C=C(C)N=C(C)c1ccccc1.C=C(C=C(C)C)N(c1ccc(C)c(-c2ccccc2C)c1)C(C)CC.C=C/C(=C\C=C/C)C(=C)C.C=C/C=C\C. The Bertz CT molecular complexity index is 1730. The van der Waals surface area contributed by atoms with Crippen LogP contribution in [0.4, 0.5) is 5.69 Å². The van der Waals surface area contributed by atoms with Gasteiger partial charge in [0.2, 0.25) is 0 Å². The summed E-state index contributed by atoms with van der Waals surface area (Å²) in [6.45, 7) is 41.9. The fourth-order valence-electron chi connectivity index (χ4n) is 4.96. The zero-order valence-corrected chi connectivity index (χ0v) is 34.3. The first-order chi connectivity index (χ1) is 24.7. The third kappa shape index (κ3) is 18.2. The van der Waals surface area contributed by atoms with Crippen molar-refractivity contribution in [2.75, 3.05) is 4.90 Å². The molecule has 0 saturated heterocycles. The van der Waals surface area contributed by atoms with Crippen molar-refractivity contribution in [2.45, 2.75) is 88.6 Å². The predicted octanol–water partition coefficient (Wildman–Crippen LogP) is 15.1. The molecule has 0 N–H and O–H groups in total. The molecule has 1 unspecified atom stereocenters. The molecule has 0 bridgehead atoms. The number of benzene rings is 3. The van der Waals surface area contributed by atoms with Gasteiger partial charge >= 0.3 is 0 Å². The Kier molecular flexibility index (Phi) is 23.9. The van der Waals surface area contributed by atoms with Gasteiger partial charge in [-0.1, -0.05) is 154 Å². The van der Waals surface area contributed by atoms with E-state index in [1.54, 1.807) is 6.08 Å². The fraction of sp³-hybridized carbons (Fsp3) is 0.260. The largest absolute Gasteiger partial charge is 0.339 e. The molecule has 3 aromatic carbocycles. The standard InChI is InChI=1S/C24H31N.C11H13N.C10H14.C5H8/c1-8-20(6)25(21(7)15-17(2)3)22-14-13-19(5)24(16-22)23-12-10-9-11-18(23)4;1-9(2)12-10(3)11-7-5-4-6-8-11;1-5-7-8-10(6-2)9(3)4;1-3-5-4-2/h9-16,20H,7-8H2,1-6H3;4-8H,1H2,2-3H3;5-8H,2-3H2,1,4H3;3-5H,1H2,2H3/b;;7-5-,10-8+;5-4-. The molecule has 0 heterocycles. The summed E-state index contributed by atoms with van der Waals surface area (Å²) in [6, 6.07) is 25.8. The first-order valence-corrected chi connectivity index (χ1v) is 18.1. The van der Waals surface area contributed by atoms with E-state index in [1.165, 1.54) is 33.5 Å². The first-order valence-electron chi connectivity index (χ1n) is 18.1. The number of hydrogen-bond acceptors (Lipinski definition) is 2. The summed E-state index contributed by atoms with van der Waals surface area (Å²) in [7, 11) is 0. The van der Waals surface area contributed by atoms with E-state index < -0.39 is 0 Å². The van der Waals surface area contributed by atoms with Crippen LogP contribution in [0.1, 0.15) is 85.4 Å². The number of rotatable bonds is 12. The Morgan fingerprint density at radius 1 is 0.769 bits per heavy atom. The Labute approximate surface area is 319 Å². The lowest BCUT2D eigenvalue weighted by Gasteiger charge is -2.32. The van der Waals surface area contributed by atoms with Crippen LogP contribution in [0.15, 0.2) is 187 Å². The molecule has 0 aliphatic heterocycles. The Morgan fingerprint density at radius 2 is 1.35 bits per heavy atom. The Hall–Kier alpha value is -5.21. The third-order valence-corrected chi connectivity index (χ3v) is 7.79. The molecule has 0 spiro atoms. The molecule has 0 aliphatic rings. The molecular formula is C50H66N2. The molecule has 0 fully saturated rings. The number of aryl methyl sites for hydroxylation is 2. The van der Waals surface area contributed by atoms with Crippen molar-refractivity contribution in [3.63, 3.8) is 0 Å². The topological polar surface area (TPSA) is 15.6 Å². The van der Waals surface area contributed by atoms with Crippen LogP contribution < -0.4 is 4.90 Å². The smallest absolute Gasteiger partial charge is 0.0447 e. The number of allylic oxidation sites excluding steroid dienone is 12. The average Bonchev–Trinajstić information content (AvgIpc) is 3.10. The van der Waals surface area contributed by atoms with Gasteiger partial charge in [-0.15, -0.1) is 0 Å². The molecule has 2 heteroatoms. The zero-order valence-electron chi connectivity index (χ0n) is 34.3. The van der Waals surface area contributed by atoms with Gasteiger partial charge < -0.3 is 4.90 Å². The van der Waals surface area contributed by atoms with E-state index in [1.807, 2.05) is 101 Å². The van der Waals surface area contributed by atoms with Crippen LogP contribution in [0.25, 0.3) is 11.1 Å². The van der Waals surface area contributed by atoms with Crippen LogP contribution >= 0.6 is 0 Å². The summed E-state index contributed by atoms with van der Waals surface area (Å²) < 4.78 is 0. The highest BCUT2D eigenvalue weighted by atomic mass is 15.2. The van der Waals surface area contributed by atoms with Crippen molar-refractivity contribution in [3.8, 4) is 11.1 Å². The van der Waals surface area contributed by atoms with Crippen LogP contribution in [0.2, 0.25) is 0 Å². The second-order valence-corrected chi connectivity index (χ2v) is 12.8. The van der Waals surface area contributed by atoms with E-state index in [0.29, 0.717) is 6.04 Å². The highest BCUT2D eigenvalue weighted by molar-refractivity contribution is 5.99. The lowest BCUT2D eigenvalue weighted by molar-refractivity contribution is 0.672. The summed E-state index contributed by atoms with van der Waals surface area (Å²) in [5, 5.41) is 0. The Morgan fingerprint density at radius 3 is 1.81 bits per heavy atom. The number of hydrogen-bond donors (Lipinski definition) is 0. The molecule has 0 saturated carbocycles. The molecule has 0 aliphatic carbocycles. The zero-order chi connectivity index (χ0) is 39.6. The lowest BCUT2D eigenvalue weighted by Crippen LogP contribution is -2.31. The summed E-state index contributed by atoms with van der Waals surface area (Å²) >= 11 is 0. The van der Waals surface area contributed by atoms with E-state index in [2.05, 4.69) is 133 Å². The van der Waals surface area contributed by atoms with Gasteiger partial charge in [0.1, 0.15) is 0 Å². The van der Waals surface area contributed by atoms with Crippen LogP contribution in [0.3, 0.4) is 0 Å². The number of aliphatic imine (C=N–C) groups is 1. The molecule has 276 valence electrons. The molecule has 3 rings (SSSR count). The van der Waals surface area contributed by atoms with E-state index in [0.717, 1.165) is 40.2 Å². The van der Waals surface area contributed by atoms with Crippen LogP contribution in [0, 0.1) is 13.8 Å². The third-order valence-electron chi connectivity index (χ3n) is 7.79. The average molecular weight is 695 g/mol. The van der Waals surface area contributed by atoms with E-state index in [-0.39, 0.29) is 0 Å². The van der Waals surface area contributed by atoms with Crippen molar-refractivity contribution >= 4 is 11.4 Å². The molecule has 0 amide bonds. The van der Waals surface area contributed by atoms with Crippen molar-refractivity contribution in [3.05, 3.63) is 199 Å². The minimum atomic E-state index is 0.399. The van der Waals surface area contributed by atoms with Crippen LogP contribution in [-0.4, -0.2) is 11.8 Å². The summed E-state index contributed by atoms with van der Waals surface area (Å²) in [5.41, 5.74) is 13.9. The van der Waals surface area contributed by atoms with E-state index in [9.17, 15) is 0 Å². The predicted molar refractivity (Wildman–Crippen MR) is 239 cm³/mol. The van der Waals surface area contributed by atoms with Gasteiger partial charge in [0.15, 0.2) is 0 Å². The molecule has 52 heavy (non-hydrogen) atoms. The van der Waals surface area contributed by atoms with Gasteiger partial charge in [-0.25, -0.2) is 0 Å². The lowest BCUT2D eigenvalue weighted by atomic mass is 9.95. The van der Waals surface area contributed by atoms with Gasteiger partial charge in [0.25, 0.3) is 0 Å². The normalized spacial score (nSPS) is 11.4. The van der Waals surface area contributed by atoms with E-state index in [4.69, 9.17) is 0 Å². The van der Waals surface area contributed by atoms with Crippen molar-refractivity contribution in [1.29, 1.82) is 0 Å². The monoisotopic (exact) mass is 695 g/mol. The van der Waals surface area contributed by atoms with Gasteiger partial charge in [-0.2, -0.15) is 0 Å². The highest BCUT2D eigenvalue weighted by Crippen LogP contribution is 2.33. The van der Waals surface area contributed by atoms with Gasteiger partial charge in [-0.05, 0) is 127 Å². The fourth-order valence-corrected chi connectivity index (χ4v) is 4.96. The molecule has 2 nitrogen and oxygen atoms in total. The summed E-state index contributed by atoms with van der Waals surface area (Å²) in [5.74, 6) is 0. The van der Waals surface area contributed by atoms with Crippen LogP contribution in [-0.2, 0) is 0 Å². The summed E-state index contributed by atoms with van der Waals surface area (Å²) in [4.78, 5) is 6.63. The second-order valence-electron chi connectivity index (χ2n) is 12.8.